The molecule has 0 amide bonds. The first kappa shape index (κ1) is 17.4. The van der Waals surface area contributed by atoms with Gasteiger partial charge in [0.15, 0.2) is 11.6 Å². The normalized spacial score (nSPS) is 13.6. The number of Topliss-reactive ketones (excluding diaryl/α,β-unsaturated/α-hetero) is 2. The van der Waals surface area contributed by atoms with Gasteiger partial charge in [-0.15, -0.1) is 0 Å². The molecule has 2 aliphatic carbocycles. The van der Waals surface area contributed by atoms with E-state index in [-0.39, 0.29) is 44.8 Å². The molecule has 28 heavy (non-hydrogen) atoms. The van der Waals surface area contributed by atoms with E-state index in [4.69, 9.17) is 11.5 Å². The van der Waals surface area contributed by atoms with Crippen LogP contribution in [0.3, 0.4) is 0 Å². The minimum atomic E-state index is -0.742. The number of benzene rings is 3. The first-order valence-electron chi connectivity index (χ1n) is 8.45. The first-order valence-corrected chi connectivity index (χ1v) is 8.45. The highest BCUT2D eigenvalue weighted by Crippen LogP contribution is 2.29. The van der Waals surface area contributed by atoms with Crippen LogP contribution in [0.2, 0.25) is 0 Å². The van der Waals surface area contributed by atoms with Crippen LogP contribution in [0, 0.1) is 0 Å². The lowest BCUT2D eigenvalue weighted by atomic mass is 9.90. The van der Waals surface area contributed by atoms with Gasteiger partial charge in [-0.25, -0.2) is 0 Å². The Morgan fingerprint density at radius 1 is 0.464 bits per heavy atom. The van der Waals surface area contributed by atoms with Crippen LogP contribution in [0.4, 0.5) is 11.4 Å². The Hall–Kier alpha value is -4.06. The number of carbonyl (C=O) groups is 4. The van der Waals surface area contributed by atoms with Crippen molar-refractivity contribution in [2.75, 3.05) is 11.5 Å². The third-order valence-corrected chi connectivity index (χ3v) is 4.73. The van der Waals surface area contributed by atoms with Gasteiger partial charge in [0.2, 0.25) is 11.6 Å². The van der Waals surface area contributed by atoms with E-state index in [0.717, 1.165) is 0 Å². The fourth-order valence-electron chi connectivity index (χ4n) is 3.25. The third kappa shape index (κ3) is 2.59. The van der Waals surface area contributed by atoms with E-state index < -0.39 is 23.1 Å². The van der Waals surface area contributed by atoms with Gasteiger partial charge in [0, 0.05) is 33.6 Å². The van der Waals surface area contributed by atoms with E-state index in [2.05, 4.69) is 0 Å². The molecule has 0 spiro atoms. The average Bonchev–Trinajstić information content (AvgIpc) is 2.73. The van der Waals surface area contributed by atoms with Crippen molar-refractivity contribution in [2.24, 2.45) is 0 Å². The monoisotopic (exact) mass is 370 g/mol. The number of hydrogen-bond donors (Lipinski definition) is 2. The van der Waals surface area contributed by atoms with E-state index in [1.807, 2.05) is 0 Å². The topological polar surface area (TPSA) is 120 Å². The van der Waals surface area contributed by atoms with Gasteiger partial charge in [-0.1, -0.05) is 42.5 Å². The van der Waals surface area contributed by atoms with Gasteiger partial charge in [-0.05, 0) is 18.2 Å². The molecule has 0 aromatic heterocycles. The second-order valence-corrected chi connectivity index (χ2v) is 6.47. The summed E-state index contributed by atoms with van der Waals surface area (Å²) in [6, 6.07) is 14.4. The second kappa shape index (κ2) is 6.28. The summed E-state index contributed by atoms with van der Waals surface area (Å²) in [5.74, 6) is -2.51. The molecule has 3 aromatic rings. The van der Waals surface area contributed by atoms with Crippen molar-refractivity contribution >= 4 is 34.5 Å². The van der Waals surface area contributed by atoms with Crippen molar-refractivity contribution in [3.05, 3.63) is 94.0 Å². The maximum Gasteiger partial charge on any atom is 0.233 e. The Kier molecular flexibility index (Phi) is 3.89. The van der Waals surface area contributed by atoms with Crippen molar-refractivity contribution < 1.29 is 19.2 Å². The molecule has 6 heteroatoms. The van der Waals surface area contributed by atoms with Crippen molar-refractivity contribution in [1.82, 2.24) is 0 Å². The number of ketones is 4. The van der Waals surface area contributed by atoms with Crippen LogP contribution in [-0.2, 0) is 0 Å². The number of carbonyl (C=O) groups excluding carboxylic acids is 4. The Morgan fingerprint density at radius 3 is 1.39 bits per heavy atom. The lowest BCUT2D eigenvalue weighted by Crippen LogP contribution is -2.16. The number of anilines is 2. The summed E-state index contributed by atoms with van der Waals surface area (Å²) in [5.41, 5.74) is 12.8. The molecule has 4 N–H and O–H groups in total. The quantitative estimate of drug-likeness (QED) is 0.464. The highest BCUT2D eigenvalue weighted by Gasteiger charge is 2.27. The van der Waals surface area contributed by atoms with Crippen molar-refractivity contribution in [2.45, 2.75) is 0 Å². The Bertz CT molecular complexity index is 1190. The zero-order valence-electron chi connectivity index (χ0n) is 14.6. The van der Waals surface area contributed by atoms with E-state index >= 15 is 0 Å². The van der Waals surface area contributed by atoms with Gasteiger partial charge in [-0.3, -0.25) is 19.2 Å². The number of rotatable bonds is 0. The Balaban J connectivity index is 2.09. The molecule has 3 aromatic carbocycles. The van der Waals surface area contributed by atoms with Crippen molar-refractivity contribution in [3.8, 4) is 0 Å². The lowest BCUT2D eigenvalue weighted by Gasteiger charge is -2.14. The molecule has 2 aliphatic rings. The zero-order valence-corrected chi connectivity index (χ0v) is 14.6. The van der Waals surface area contributed by atoms with Gasteiger partial charge in [0.05, 0.1) is 11.1 Å². The largest absolute Gasteiger partial charge is 0.398 e. The van der Waals surface area contributed by atoms with Gasteiger partial charge in [0.25, 0.3) is 0 Å². The smallest absolute Gasteiger partial charge is 0.233 e. The number of fused-ring (bicyclic) bond motifs is 3. The molecular formula is C22H14N2O4. The SMILES string of the molecule is Nc1ccc(N)c2c1C(=O)c1ccc(cc1)C(=O)C(=O)c1cccc(c1)C2=O. The fourth-order valence-corrected chi connectivity index (χ4v) is 3.25. The molecular weight excluding hydrogens is 356 g/mol. The number of hydrogen-bond acceptors (Lipinski definition) is 6. The molecule has 0 saturated carbocycles. The molecule has 0 aliphatic heterocycles. The van der Waals surface area contributed by atoms with E-state index in [1.54, 1.807) is 0 Å². The summed E-state index contributed by atoms with van der Waals surface area (Å²) in [7, 11) is 0. The van der Waals surface area contributed by atoms with E-state index in [0.29, 0.717) is 0 Å². The summed E-state index contributed by atoms with van der Waals surface area (Å²) < 4.78 is 0. The van der Waals surface area contributed by atoms with Crippen LogP contribution in [0.15, 0.2) is 60.7 Å². The Labute approximate surface area is 159 Å². The molecule has 5 rings (SSSR count). The zero-order chi connectivity index (χ0) is 20.0. The predicted octanol–water partition coefficient (Wildman–Crippen LogP) is 2.69. The summed E-state index contributed by atoms with van der Waals surface area (Å²) >= 11 is 0. The van der Waals surface area contributed by atoms with Gasteiger partial charge in [0.1, 0.15) is 0 Å². The molecule has 0 heterocycles. The number of nitrogen functional groups attached to an aromatic ring is 2. The average molecular weight is 370 g/mol. The van der Waals surface area contributed by atoms with Crippen LogP contribution in [0.5, 0.6) is 0 Å². The molecule has 6 nitrogen and oxygen atoms in total. The summed E-state index contributed by atoms with van der Waals surface area (Å²) in [6.07, 6.45) is 0. The highest BCUT2D eigenvalue weighted by atomic mass is 16.2. The van der Waals surface area contributed by atoms with Gasteiger partial charge < -0.3 is 11.5 Å². The molecule has 136 valence electrons. The molecule has 0 unspecified atom stereocenters. The minimum absolute atomic E-state index is 0.0000491. The molecule has 0 radical (unpaired) electrons. The van der Waals surface area contributed by atoms with E-state index in [9.17, 15) is 19.2 Å². The lowest BCUT2D eigenvalue weighted by molar-refractivity contribution is 0.0817. The predicted molar refractivity (Wildman–Crippen MR) is 104 cm³/mol. The maximum absolute atomic E-state index is 13.2. The second-order valence-electron chi connectivity index (χ2n) is 6.47. The maximum atomic E-state index is 13.2. The summed E-state index contributed by atoms with van der Waals surface area (Å²) in [6.45, 7) is 0. The van der Waals surface area contributed by atoms with Crippen LogP contribution < -0.4 is 11.5 Å². The van der Waals surface area contributed by atoms with Gasteiger partial charge >= 0.3 is 0 Å². The van der Waals surface area contributed by atoms with Gasteiger partial charge in [-0.2, -0.15) is 0 Å². The molecule has 0 fully saturated rings. The van der Waals surface area contributed by atoms with Crippen molar-refractivity contribution in [1.29, 1.82) is 0 Å². The van der Waals surface area contributed by atoms with Crippen LogP contribution >= 0.6 is 0 Å². The molecule has 4 bridgehead atoms. The summed E-state index contributed by atoms with van der Waals surface area (Å²) in [5, 5.41) is 0. The van der Waals surface area contributed by atoms with Crippen molar-refractivity contribution in [3.63, 3.8) is 0 Å². The molecule has 0 saturated heterocycles. The van der Waals surface area contributed by atoms with Crippen LogP contribution in [0.25, 0.3) is 0 Å². The summed E-state index contributed by atoms with van der Waals surface area (Å²) in [4.78, 5) is 51.3. The standard InChI is InChI=1S/C22H14N2O4/c23-15-8-9-16(24)18-17(15)19(25)11-4-6-12(7-5-11)21(27)22(28)14-3-1-2-13(10-14)20(18)26/h1-10H,23-24H2. The minimum Gasteiger partial charge on any atom is -0.398 e. The third-order valence-electron chi connectivity index (χ3n) is 4.73. The Morgan fingerprint density at radius 2 is 0.857 bits per heavy atom. The van der Waals surface area contributed by atoms with E-state index in [1.165, 1.54) is 60.7 Å². The fraction of sp³-hybridized carbons (Fsp3) is 0. The van der Waals surface area contributed by atoms with Crippen LogP contribution in [-0.4, -0.2) is 23.1 Å². The van der Waals surface area contributed by atoms with Crippen LogP contribution in [0.1, 0.15) is 52.6 Å². The highest BCUT2D eigenvalue weighted by molar-refractivity contribution is 6.49. The first-order chi connectivity index (χ1) is 13.4. The number of nitrogens with two attached hydrogens (primary N) is 2. The molecule has 0 atom stereocenters.